The van der Waals surface area contributed by atoms with Gasteiger partial charge in [-0.15, -0.1) is 0 Å². The summed E-state index contributed by atoms with van der Waals surface area (Å²) in [5, 5.41) is 6.29. The van der Waals surface area contributed by atoms with Gasteiger partial charge in [-0.05, 0) is 20.8 Å². The first-order chi connectivity index (χ1) is 8.61. The van der Waals surface area contributed by atoms with Crippen molar-refractivity contribution in [2.75, 3.05) is 17.7 Å². The van der Waals surface area contributed by atoms with E-state index in [1.54, 1.807) is 6.20 Å². The van der Waals surface area contributed by atoms with E-state index in [4.69, 9.17) is 4.42 Å². The number of nitrogens with zero attached hydrogens (tertiary/aromatic N) is 3. The Morgan fingerprint density at radius 2 is 1.89 bits per heavy atom. The molecule has 0 fully saturated rings. The number of hydrogen-bond acceptors (Lipinski definition) is 6. The lowest BCUT2D eigenvalue weighted by molar-refractivity contribution is 0.453. The lowest BCUT2D eigenvalue weighted by Crippen LogP contribution is -2.11. The highest BCUT2D eigenvalue weighted by atomic mass is 16.4. The Kier molecular flexibility index (Phi) is 3.45. The number of hydrogen-bond donors (Lipinski definition) is 2. The summed E-state index contributed by atoms with van der Waals surface area (Å²) in [5.41, 5.74) is 0.968. The van der Waals surface area contributed by atoms with E-state index in [0.29, 0.717) is 5.89 Å². The van der Waals surface area contributed by atoms with Gasteiger partial charge in [0.05, 0.1) is 6.20 Å². The highest BCUT2D eigenvalue weighted by molar-refractivity contribution is 5.56. The van der Waals surface area contributed by atoms with Crippen LogP contribution in [0.4, 0.5) is 11.6 Å². The first-order valence-corrected chi connectivity index (χ1v) is 5.80. The molecule has 0 amide bonds. The van der Waals surface area contributed by atoms with Crippen LogP contribution in [0.1, 0.15) is 30.2 Å². The molecule has 0 saturated carbocycles. The van der Waals surface area contributed by atoms with Gasteiger partial charge in [0, 0.05) is 12.6 Å². The van der Waals surface area contributed by atoms with Crippen LogP contribution in [0.2, 0.25) is 0 Å². The quantitative estimate of drug-likeness (QED) is 0.863. The number of aryl methyl sites for hydroxylation is 1. The van der Waals surface area contributed by atoms with Crippen molar-refractivity contribution in [2.45, 2.75) is 26.8 Å². The molecule has 0 aliphatic heterocycles. The predicted molar refractivity (Wildman–Crippen MR) is 69.6 cm³/mol. The third-order valence-electron chi connectivity index (χ3n) is 2.68. The maximum absolute atomic E-state index is 5.48. The number of rotatable bonds is 4. The van der Waals surface area contributed by atoms with Crippen molar-refractivity contribution in [1.82, 2.24) is 15.0 Å². The van der Waals surface area contributed by atoms with Gasteiger partial charge in [0.2, 0.25) is 5.89 Å². The van der Waals surface area contributed by atoms with Gasteiger partial charge >= 0.3 is 0 Å². The van der Waals surface area contributed by atoms with Gasteiger partial charge in [0.25, 0.3) is 0 Å². The molecule has 1 atom stereocenters. The predicted octanol–water partition coefficient (Wildman–Crippen LogP) is 2.30. The molecule has 2 heterocycles. The van der Waals surface area contributed by atoms with Gasteiger partial charge in [-0.1, -0.05) is 0 Å². The van der Waals surface area contributed by atoms with Crippen LogP contribution in [0.15, 0.2) is 16.9 Å². The Labute approximate surface area is 106 Å². The Morgan fingerprint density at radius 1 is 1.17 bits per heavy atom. The second-order valence-corrected chi connectivity index (χ2v) is 4.12. The molecule has 6 heteroatoms. The maximum Gasteiger partial charge on any atom is 0.216 e. The normalized spacial score (nSPS) is 12.2. The molecule has 2 aromatic heterocycles. The molecule has 0 spiro atoms. The molecule has 6 nitrogen and oxygen atoms in total. The van der Waals surface area contributed by atoms with E-state index in [1.807, 2.05) is 27.8 Å². The van der Waals surface area contributed by atoms with Gasteiger partial charge in [0.1, 0.15) is 29.8 Å². The van der Waals surface area contributed by atoms with Crippen molar-refractivity contribution in [3.8, 4) is 0 Å². The smallest absolute Gasteiger partial charge is 0.216 e. The highest BCUT2D eigenvalue weighted by Crippen LogP contribution is 2.22. The maximum atomic E-state index is 5.48. The monoisotopic (exact) mass is 247 g/mol. The number of anilines is 2. The zero-order valence-corrected chi connectivity index (χ0v) is 11.0. The Bertz CT molecular complexity index is 537. The standard InChI is InChI=1S/C12H17N5O/c1-7-5-14-12(18-7)9(3)17-11-8(2)10(13-4)15-6-16-11/h5-6,9H,1-4H3,(H2,13,15,16,17). The summed E-state index contributed by atoms with van der Waals surface area (Å²) in [6, 6.07) is -0.0444. The van der Waals surface area contributed by atoms with Crippen molar-refractivity contribution in [3.05, 3.63) is 29.7 Å². The van der Waals surface area contributed by atoms with Crippen LogP contribution in [0, 0.1) is 13.8 Å². The minimum absolute atomic E-state index is 0.0444. The van der Waals surface area contributed by atoms with Gasteiger partial charge < -0.3 is 15.1 Å². The Hall–Kier alpha value is -2.11. The van der Waals surface area contributed by atoms with E-state index in [2.05, 4.69) is 25.6 Å². The number of nitrogens with one attached hydrogen (secondary N) is 2. The van der Waals surface area contributed by atoms with E-state index in [0.717, 1.165) is 23.0 Å². The fourth-order valence-corrected chi connectivity index (χ4v) is 1.69. The molecule has 18 heavy (non-hydrogen) atoms. The molecule has 0 aliphatic rings. The molecule has 96 valence electrons. The summed E-state index contributed by atoms with van der Waals surface area (Å²) >= 11 is 0. The summed E-state index contributed by atoms with van der Waals surface area (Å²) < 4.78 is 5.48. The van der Waals surface area contributed by atoms with Crippen molar-refractivity contribution in [1.29, 1.82) is 0 Å². The van der Waals surface area contributed by atoms with Crippen LogP contribution in [0.3, 0.4) is 0 Å². The van der Waals surface area contributed by atoms with Crippen LogP contribution >= 0.6 is 0 Å². The molecular formula is C12H17N5O. The van der Waals surface area contributed by atoms with Crippen LogP contribution in [-0.2, 0) is 0 Å². The second kappa shape index (κ2) is 5.03. The fourth-order valence-electron chi connectivity index (χ4n) is 1.69. The molecule has 2 rings (SSSR count). The van der Waals surface area contributed by atoms with Crippen molar-refractivity contribution < 1.29 is 4.42 Å². The van der Waals surface area contributed by atoms with Crippen molar-refractivity contribution in [2.24, 2.45) is 0 Å². The molecule has 1 unspecified atom stereocenters. The Balaban J connectivity index is 2.19. The summed E-state index contributed by atoms with van der Waals surface area (Å²) in [6.07, 6.45) is 3.23. The minimum Gasteiger partial charge on any atom is -0.444 e. The molecule has 0 bridgehead atoms. The minimum atomic E-state index is -0.0444. The zero-order chi connectivity index (χ0) is 13.1. The van der Waals surface area contributed by atoms with E-state index < -0.39 is 0 Å². The van der Waals surface area contributed by atoms with E-state index in [9.17, 15) is 0 Å². The second-order valence-electron chi connectivity index (χ2n) is 4.12. The van der Waals surface area contributed by atoms with Gasteiger partial charge in [-0.3, -0.25) is 0 Å². The molecule has 0 saturated heterocycles. The topological polar surface area (TPSA) is 75.9 Å². The van der Waals surface area contributed by atoms with E-state index in [-0.39, 0.29) is 6.04 Å². The average molecular weight is 247 g/mol. The van der Waals surface area contributed by atoms with Crippen LogP contribution < -0.4 is 10.6 Å². The lowest BCUT2D eigenvalue weighted by Gasteiger charge is -2.14. The zero-order valence-electron chi connectivity index (χ0n) is 11.0. The molecule has 0 radical (unpaired) electrons. The Morgan fingerprint density at radius 3 is 2.50 bits per heavy atom. The summed E-state index contributed by atoms with van der Waals surface area (Å²) in [4.78, 5) is 12.6. The first-order valence-electron chi connectivity index (χ1n) is 5.80. The third-order valence-corrected chi connectivity index (χ3v) is 2.68. The molecule has 0 aliphatic carbocycles. The van der Waals surface area contributed by atoms with Crippen molar-refractivity contribution in [3.63, 3.8) is 0 Å². The SMILES string of the molecule is CNc1ncnc(NC(C)c2ncc(C)o2)c1C. The summed E-state index contributed by atoms with van der Waals surface area (Å²) in [7, 11) is 1.83. The lowest BCUT2D eigenvalue weighted by atomic mass is 10.2. The molecule has 2 N–H and O–H groups in total. The van der Waals surface area contributed by atoms with Gasteiger partial charge in [0.15, 0.2) is 0 Å². The fraction of sp³-hybridized carbons (Fsp3) is 0.417. The largest absolute Gasteiger partial charge is 0.444 e. The first kappa shape index (κ1) is 12.3. The molecular weight excluding hydrogens is 230 g/mol. The van der Waals surface area contributed by atoms with Crippen molar-refractivity contribution >= 4 is 11.6 Å². The number of aromatic nitrogens is 3. The average Bonchev–Trinajstić information content (AvgIpc) is 2.78. The van der Waals surface area contributed by atoms with Crippen LogP contribution in [-0.4, -0.2) is 22.0 Å². The third kappa shape index (κ3) is 2.42. The molecule has 0 aromatic carbocycles. The highest BCUT2D eigenvalue weighted by Gasteiger charge is 2.14. The van der Waals surface area contributed by atoms with E-state index >= 15 is 0 Å². The summed E-state index contributed by atoms with van der Waals surface area (Å²) in [5.74, 6) is 3.03. The van der Waals surface area contributed by atoms with E-state index in [1.165, 1.54) is 6.33 Å². The molecule has 2 aromatic rings. The number of oxazole rings is 1. The van der Waals surface area contributed by atoms with Crippen LogP contribution in [0.25, 0.3) is 0 Å². The summed E-state index contributed by atoms with van der Waals surface area (Å²) in [6.45, 7) is 5.81. The van der Waals surface area contributed by atoms with Gasteiger partial charge in [-0.25, -0.2) is 15.0 Å². The van der Waals surface area contributed by atoms with Gasteiger partial charge in [-0.2, -0.15) is 0 Å². The van der Waals surface area contributed by atoms with Crippen LogP contribution in [0.5, 0.6) is 0 Å².